The molecular weight excluding hydrogens is 416 g/mol. The van der Waals surface area contributed by atoms with E-state index >= 15 is 0 Å². The Labute approximate surface area is 195 Å². The van der Waals surface area contributed by atoms with Crippen molar-refractivity contribution in [3.8, 4) is 5.75 Å². The fourth-order valence-corrected chi connectivity index (χ4v) is 6.26. The lowest BCUT2D eigenvalue weighted by molar-refractivity contribution is -0.0910. The number of hydrogen-bond donors (Lipinski definition) is 3. The summed E-state index contributed by atoms with van der Waals surface area (Å²) < 4.78 is 6.34. The van der Waals surface area contributed by atoms with Gasteiger partial charge in [0, 0.05) is 31.1 Å². The van der Waals surface area contributed by atoms with Gasteiger partial charge < -0.3 is 25.6 Å². The van der Waals surface area contributed by atoms with Crippen molar-refractivity contribution in [3.05, 3.63) is 65.2 Å². The summed E-state index contributed by atoms with van der Waals surface area (Å²) in [6, 6.07) is 15.9. The van der Waals surface area contributed by atoms with E-state index in [4.69, 9.17) is 10.5 Å². The number of piperidine rings is 1. The standard InChI is InChI=1S/C27H34N2O4/c1-27(15-21-14-23(27)25(31)24(21)30)33-22-7-3-6-20(13-22)26(32)29-10-8-18(9-11-29)19-5-2-4-17(12-19)16-28/h2-7,12-13,18,21,23-25,30-31H,8-11,14-16,28H2,1H3/t21-,23-,24+,25-,27+/m1/s1. The van der Waals surface area contributed by atoms with E-state index in [0.29, 0.717) is 30.2 Å². The van der Waals surface area contributed by atoms with Crippen LogP contribution in [0, 0.1) is 11.8 Å². The highest BCUT2D eigenvalue weighted by Crippen LogP contribution is 2.52. The third kappa shape index (κ3) is 4.16. The number of nitrogens with two attached hydrogens (primary N) is 1. The molecule has 4 N–H and O–H groups in total. The zero-order chi connectivity index (χ0) is 23.2. The van der Waals surface area contributed by atoms with Crippen molar-refractivity contribution in [2.45, 2.75) is 62.9 Å². The van der Waals surface area contributed by atoms with E-state index in [1.807, 2.05) is 36.1 Å². The monoisotopic (exact) mass is 450 g/mol. The summed E-state index contributed by atoms with van der Waals surface area (Å²) in [4.78, 5) is 15.1. The minimum absolute atomic E-state index is 0.0307. The van der Waals surface area contributed by atoms with Crippen molar-refractivity contribution in [1.29, 1.82) is 0 Å². The van der Waals surface area contributed by atoms with Crippen LogP contribution in [0.1, 0.15) is 60.0 Å². The van der Waals surface area contributed by atoms with Crippen LogP contribution >= 0.6 is 0 Å². The van der Waals surface area contributed by atoms with Gasteiger partial charge in [-0.15, -0.1) is 0 Å². The van der Waals surface area contributed by atoms with Gasteiger partial charge in [0.1, 0.15) is 11.4 Å². The Morgan fingerprint density at radius 1 is 1.12 bits per heavy atom. The molecule has 2 aromatic carbocycles. The Morgan fingerprint density at radius 3 is 2.58 bits per heavy atom. The highest BCUT2D eigenvalue weighted by molar-refractivity contribution is 5.94. The fourth-order valence-electron chi connectivity index (χ4n) is 6.26. The lowest BCUT2D eigenvalue weighted by Crippen LogP contribution is -2.49. The van der Waals surface area contributed by atoms with Crippen LogP contribution in [-0.4, -0.2) is 51.9 Å². The lowest BCUT2D eigenvalue weighted by Gasteiger charge is -2.39. The van der Waals surface area contributed by atoms with Gasteiger partial charge in [0.2, 0.25) is 0 Å². The fraction of sp³-hybridized carbons (Fsp3) is 0.519. The third-order valence-electron chi connectivity index (χ3n) is 8.13. The van der Waals surface area contributed by atoms with E-state index in [-0.39, 0.29) is 17.7 Å². The number of nitrogens with zero attached hydrogens (tertiary/aromatic N) is 1. The van der Waals surface area contributed by atoms with Gasteiger partial charge in [-0.3, -0.25) is 4.79 Å². The first-order valence-corrected chi connectivity index (χ1v) is 12.1. The molecule has 176 valence electrons. The predicted molar refractivity (Wildman–Crippen MR) is 126 cm³/mol. The predicted octanol–water partition coefficient (Wildman–Crippen LogP) is 3.06. The molecule has 1 saturated heterocycles. The molecular formula is C27H34N2O4. The van der Waals surface area contributed by atoms with Crippen LogP contribution in [0.3, 0.4) is 0 Å². The molecule has 3 aliphatic rings. The van der Waals surface area contributed by atoms with Crippen LogP contribution in [0.15, 0.2) is 48.5 Å². The van der Waals surface area contributed by atoms with Gasteiger partial charge in [-0.25, -0.2) is 0 Å². The Bertz CT molecular complexity index is 1020. The molecule has 6 nitrogen and oxygen atoms in total. The maximum absolute atomic E-state index is 13.2. The van der Waals surface area contributed by atoms with E-state index < -0.39 is 17.8 Å². The van der Waals surface area contributed by atoms with Crippen molar-refractivity contribution >= 4 is 5.91 Å². The van der Waals surface area contributed by atoms with Crippen molar-refractivity contribution in [1.82, 2.24) is 4.90 Å². The van der Waals surface area contributed by atoms with Crippen LogP contribution in [0.4, 0.5) is 0 Å². The molecule has 3 fully saturated rings. The van der Waals surface area contributed by atoms with E-state index in [1.165, 1.54) is 5.56 Å². The molecule has 2 aromatic rings. The summed E-state index contributed by atoms with van der Waals surface area (Å²) in [6.07, 6.45) is 1.98. The number of carbonyl (C=O) groups is 1. The summed E-state index contributed by atoms with van der Waals surface area (Å²) in [5.74, 6) is 1.12. The van der Waals surface area contributed by atoms with E-state index in [2.05, 4.69) is 24.3 Å². The van der Waals surface area contributed by atoms with Gasteiger partial charge in [-0.2, -0.15) is 0 Å². The second-order valence-electron chi connectivity index (χ2n) is 10.2. The molecule has 2 aliphatic carbocycles. The van der Waals surface area contributed by atoms with Gasteiger partial charge in [-0.05, 0) is 73.8 Å². The molecule has 2 bridgehead atoms. The SMILES string of the molecule is C[C@]1(Oc2cccc(C(=O)N3CCC(c4cccc(CN)c4)CC3)c2)C[C@H]2C[C@@H]1[C@@H](O)[C@H]2O. The van der Waals surface area contributed by atoms with Crippen LogP contribution < -0.4 is 10.5 Å². The van der Waals surface area contributed by atoms with Crippen molar-refractivity contribution in [2.24, 2.45) is 17.6 Å². The number of benzene rings is 2. The first-order chi connectivity index (χ1) is 15.9. The zero-order valence-electron chi connectivity index (χ0n) is 19.2. The van der Waals surface area contributed by atoms with Gasteiger partial charge in [0.05, 0.1) is 12.2 Å². The second kappa shape index (κ2) is 8.75. The Morgan fingerprint density at radius 2 is 1.88 bits per heavy atom. The van der Waals surface area contributed by atoms with Crippen LogP contribution in [0.5, 0.6) is 5.75 Å². The summed E-state index contributed by atoms with van der Waals surface area (Å²) in [5, 5.41) is 20.5. The topological polar surface area (TPSA) is 96.0 Å². The largest absolute Gasteiger partial charge is 0.487 e. The molecule has 0 unspecified atom stereocenters. The van der Waals surface area contributed by atoms with Crippen molar-refractivity contribution in [2.75, 3.05) is 13.1 Å². The number of aliphatic hydroxyl groups excluding tert-OH is 2. The van der Waals surface area contributed by atoms with E-state index in [9.17, 15) is 15.0 Å². The molecule has 0 radical (unpaired) electrons. The number of amides is 1. The molecule has 5 atom stereocenters. The van der Waals surface area contributed by atoms with Gasteiger partial charge in [0.25, 0.3) is 5.91 Å². The van der Waals surface area contributed by atoms with Gasteiger partial charge in [0.15, 0.2) is 0 Å². The Kier molecular flexibility index (Phi) is 5.93. The zero-order valence-corrected chi connectivity index (χ0v) is 19.2. The van der Waals surface area contributed by atoms with E-state index in [0.717, 1.165) is 37.9 Å². The number of fused-ring (bicyclic) bond motifs is 2. The maximum Gasteiger partial charge on any atom is 0.253 e. The number of ether oxygens (including phenoxy) is 1. The average Bonchev–Trinajstić information content (AvgIpc) is 3.32. The van der Waals surface area contributed by atoms with Crippen LogP contribution in [-0.2, 0) is 6.54 Å². The van der Waals surface area contributed by atoms with Gasteiger partial charge in [-0.1, -0.05) is 30.3 Å². The second-order valence-corrected chi connectivity index (χ2v) is 10.2. The molecule has 1 heterocycles. The summed E-state index contributed by atoms with van der Waals surface area (Å²) >= 11 is 0. The molecule has 0 spiro atoms. The molecule has 6 heteroatoms. The maximum atomic E-state index is 13.2. The summed E-state index contributed by atoms with van der Waals surface area (Å²) in [6.45, 7) is 4.01. The van der Waals surface area contributed by atoms with Crippen LogP contribution in [0.2, 0.25) is 0 Å². The highest BCUT2D eigenvalue weighted by Gasteiger charge is 2.59. The Balaban J connectivity index is 1.23. The molecule has 1 aliphatic heterocycles. The van der Waals surface area contributed by atoms with Crippen molar-refractivity contribution in [3.63, 3.8) is 0 Å². The average molecular weight is 451 g/mol. The normalized spacial score (nSPS) is 31.7. The minimum Gasteiger partial charge on any atom is -0.487 e. The smallest absolute Gasteiger partial charge is 0.253 e. The lowest BCUT2D eigenvalue weighted by atomic mass is 9.82. The number of aliphatic hydroxyl groups is 2. The summed E-state index contributed by atoms with van der Waals surface area (Å²) in [5.41, 5.74) is 8.35. The highest BCUT2D eigenvalue weighted by atomic mass is 16.5. The van der Waals surface area contributed by atoms with E-state index in [1.54, 1.807) is 0 Å². The third-order valence-corrected chi connectivity index (χ3v) is 8.13. The first-order valence-electron chi connectivity index (χ1n) is 12.1. The number of hydrogen-bond acceptors (Lipinski definition) is 5. The quantitative estimate of drug-likeness (QED) is 0.651. The Hall–Kier alpha value is -2.41. The van der Waals surface area contributed by atoms with Crippen LogP contribution in [0.25, 0.3) is 0 Å². The number of carbonyl (C=O) groups excluding carboxylic acids is 1. The molecule has 33 heavy (non-hydrogen) atoms. The molecule has 1 amide bonds. The molecule has 5 rings (SSSR count). The summed E-state index contributed by atoms with van der Waals surface area (Å²) in [7, 11) is 0. The number of rotatable bonds is 5. The van der Waals surface area contributed by atoms with Gasteiger partial charge >= 0.3 is 0 Å². The number of likely N-dealkylation sites (tertiary alicyclic amines) is 1. The first kappa shape index (κ1) is 22.4. The van der Waals surface area contributed by atoms with Crippen molar-refractivity contribution < 1.29 is 19.7 Å². The molecule has 2 saturated carbocycles. The molecule has 0 aromatic heterocycles. The minimum atomic E-state index is -0.745.